The molecule has 0 atom stereocenters. The normalized spacial score (nSPS) is 10.2. The lowest BCUT2D eigenvalue weighted by Crippen LogP contribution is -2.37. The van der Waals surface area contributed by atoms with Gasteiger partial charge in [-0.25, -0.2) is 9.37 Å². The van der Waals surface area contributed by atoms with E-state index >= 15 is 0 Å². The van der Waals surface area contributed by atoms with E-state index in [9.17, 15) is 14.0 Å². The van der Waals surface area contributed by atoms with Crippen LogP contribution in [0.25, 0.3) is 0 Å². The molecular weight excluding hydrogens is 293 g/mol. The number of carbonyl (C=O) groups is 2. The van der Waals surface area contributed by atoms with Crippen molar-refractivity contribution in [3.63, 3.8) is 0 Å². The Hall–Kier alpha value is -2.28. The van der Waals surface area contributed by atoms with Crippen molar-refractivity contribution >= 4 is 28.3 Å². The molecule has 21 heavy (non-hydrogen) atoms. The van der Waals surface area contributed by atoms with Crippen LogP contribution in [0.1, 0.15) is 17.3 Å². The molecule has 1 N–H and O–H groups in total. The van der Waals surface area contributed by atoms with Gasteiger partial charge in [0.2, 0.25) is 5.91 Å². The number of nitrogens with one attached hydrogen (secondary N) is 1. The van der Waals surface area contributed by atoms with E-state index in [-0.39, 0.29) is 23.9 Å². The van der Waals surface area contributed by atoms with Gasteiger partial charge in [-0.15, -0.1) is 11.3 Å². The quantitative estimate of drug-likeness (QED) is 0.922. The molecular formula is C14H14FN3O2S. The highest BCUT2D eigenvalue weighted by Gasteiger charge is 2.18. The summed E-state index contributed by atoms with van der Waals surface area (Å²) in [6, 6.07) is 5.41. The number of benzene rings is 1. The standard InChI is InChI=1S/C14H14FN3O2S/c1-2-18(9-12(19)17-14-16-6-7-21-14)13(20)10-4-3-5-11(15)8-10/h3-8H,2,9H2,1H3,(H,16,17,19). The Balaban J connectivity index is 2.02. The van der Waals surface area contributed by atoms with Gasteiger partial charge < -0.3 is 10.2 Å². The molecule has 1 aromatic carbocycles. The summed E-state index contributed by atoms with van der Waals surface area (Å²) in [6.07, 6.45) is 1.58. The lowest BCUT2D eigenvalue weighted by Gasteiger charge is -2.20. The topological polar surface area (TPSA) is 62.3 Å². The number of rotatable bonds is 5. The van der Waals surface area contributed by atoms with E-state index in [1.807, 2.05) is 0 Å². The summed E-state index contributed by atoms with van der Waals surface area (Å²) in [4.78, 5) is 29.4. The number of anilines is 1. The monoisotopic (exact) mass is 307 g/mol. The zero-order chi connectivity index (χ0) is 15.2. The smallest absolute Gasteiger partial charge is 0.254 e. The molecule has 0 spiro atoms. The minimum absolute atomic E-state index is 0.106. The summed E-state index contributed by atoms with van der Waals surface area (Å²) in [5.41, 5.74) is 0.221. The third-order valence-corrected chi connectivity index (χ3v) is 3.44. The average Bonchev–Trinajstić information content (AvgIpc) is 2.97. The molecule has 110 valence electrons. The third kappa shape index (κ3) is 4.09. The molecule has 0 saturated carbocycles. The van der Waals surface area contributed by atoms with E-state index in [2.05, 4.69) is 10.3 Å². The maximum absolute atomic E-state index is 13.2. The van der Waals surface area contributed by atoms with E-state index in [0.29, 0.717) is 11.7 Å². The van der Waals surface area contributed by atoms with Crippen LogP contribution in [0.3, 0.4) is 0 Å². The highest BCUT2D eigenvalue weighted by molar-refractivity contribution is 7.13. The molecule has 0 aliphatic rings. The minimum atomic E-state index is -0.482. The van der Waals surface area contributed by atoms with Crippen LogP contribution in [-0.2, 0) is 4.79 Å². The fraction of sp³-hybridized carbons (Fsp3) is 0.214. The fourth-order valence-electron chi connectivity index (χ4n) is 1.75. The summed E-state index contributed by atoms with van der Waals surface area (Å²) in [5.74, 6) is -1.20. The van der Waals surface area contributed by atoms with Gasteiger partial charge in [0.15, 0.2) is 5.13 Å². The van der Waals surface area contributed by atoms with Crippen molar-refractivity contribution in [2.24, 2.45) is 0 Å². The van der Waals surface area contributed by atoms with Crippen molar-refractivity contribution in [3.8, 4) is 0 Å². The Morgan fingerprint density at radius 3 is 2.86 bits per heavy atom. The number of aromatic nitrogens is 1. The first-order valence-electron chi connectivity index (χ1n) is 6.34. The van der Waals surface area contributed by atoms with Gasteiger partial charge in [-0.3, -0.25) is 9.59 Å². The first-order chi connectivity index (χ1) is 10.1. The highest BCUT2D eigenvalue weighted by Crippen LogP contribution is 2.11. The Kier molecular flexibility index (Phi) is 4.99. The van der Waals surface area contributed by atoms with Crippen LogP contribution in [0.15, 0.2) is 35.8 Å². The molecule has 0 unspecified atom stereocenters. The summed E-state index contributed by atoms with van der Waals surface area (Å²) in [5, 5.41) is 4.83. The van der Waals surface area contributed by atoms with Crippen LogP contribution in [0.4, 0.5) is 9.52 Å². The van der Waals surface area contributed by atoms with Crippen molar-refractivity contribution in [3.05, 3.63) is 47.2 Å². The SMILES string of the molecule is CCN(CC(=O)Nc1nccs1)C(=O)c1cccc(F)c1. The molecule has 5 nitrogen and oxygen atoms in total. The number of amides is 2. The second kappa shape index (κ2) is 6.94. The van der Waals surface area contributed by atoms with Crippen molar-refractivity contribution in [1.82, 2.24) is 9.88 Å². The predicted molar refractivity (Wildman–Crippen MR) is 78.7 cm³/mol. The maximum Gasteiger partial charge on any atom is 0.254 e. The van der Waals surface area contributed by atoms with Gasteiger partial charge in [0.05, 0.1) is 0 Å². The molecule has 0 bridgehead atoms. The van der Waals surface area contributed by atoms with Gasteiger partial charge >= 0.3 is 0 Å². The van der Waals surface area contributed by atoms with E-state index in [0.717, 1.165) is 6.07 Å². The molecule has 2 aromatic rings. The van der Waals surface area contributed by atoms with Crippen LogP contribution in [0.2, 0.25) is 0 Å². The molecule has 0 aliphatic heterocycles. The Bertz CT molecular complexity index is 631. The zero-order valence-electron chi connectivity index (χ0n) is 11.4. The number of nitrogens with zero attached hydrogens (tertiary/aromatic N) is 2. The number of likely N-dealkylation sites (N-methyl/N-ethyl adjacent to an activating group) is 1. The predicted octanol–water partition coefficient (Wildman–Crippen LogP) is 2.38. The van der Waals surface area contributed by atoms with Crippen LogP contribution >= 0.6 is 11.3 Å². The van der Waals surface area contributed by atoms with E-state index in [4.69, 9.17) is 0 Å². The lowest BCUT2D eigenvalue weighted by molar-refractivity contribution is -0.116. The van der Waals surface area contributed by atoms with Crippen molar-refractivity contribution in [2.75, 3.05) is 18.4 Å². The molecule has 7 heteroatoms. The number of hydrogen-bond donors (Lipinski definition) is 1. The van der Waals surface area contributed by atoms with Crippen molar-refractivity contribution in [1.29, 1.82) is 0 Å². The van der Waals surface area contributed by atoms with E-state index in [1.165, 1.54) is 34.4 Å². The van der Waals surface area contributed by atoms with Crippen LogP contribution in [0, 0.1) is 5.82 Å². The lowest BCUT2D eigenvalue weighted by atomic mass is 10.2. The second-order valence-corrected chi connectivity index (χ2v) is 5.11. The number of thiazole rings is 1. The first-order valence-corrected chi connectivity index (χ1v) is 7.22. The summed E-state index contributed by atoms with van der Waals surface area (Å²) in [6.45, 7) is 2.00. The molecule has 0 radical (unpaired) electrons. The molecule has 0 saturated heterocycles. The molecule has 2 rings (SSSR count). The number of halogens is 1. The van der Waals surface area contributed by atoms with Crippen molar-refractivity contribution < 1.29 is 14.0 Å². The Morgan fingerprint density at radius 2 is 2.24 bits per heavy atom. The fourth-order valence-corrected chi connectivity index (χ4v) is 2.29. The largest absolute Gasteiger partial charge is 0.330 e. The second-order valence-electron chi connectivity index (χ2n) is 4.22. The van der Waals surface area contributed by atoms with Gasteiger partial charge in [-0.1, -0.05) is 6.07 Å². The summed E-state index contributed by atoms with van der Waals surface area (Å²) in [7, 11) is 0. The van der Waals surface area contributed by atoms with Crippen LogP contribution < -0.4 is 5.32 Å². The molecule has 1 aromatic heterocycles. The van der Waals surface area contributed by atoms with Gasteiger partial charge in [-0.2, -0.15) is 0 Å². The van der Waals surface area contributed by atoms with Gasteiger partial charge in [0.1, 0.15) is 12.4 Å². The molecule has 1 heterocycles. The number of carbonyl (C=O) groups excluding carboxylic acids is 2. The molecule has 0 fully saturated rings. The van der Waals surface area contributed by atoms with E-state index < -0.39 is 5.82 Å². The first kappa shape index (κ1) is 15.1. The number of hydrogen-bond acceptors (Lipinski definition) is 4. The van der Waals surface area contributed by atoms with E-state index in [1.54, 1.807) is 18.5 Å². The third-order valence-electron chi connectivity index (χ3n) is 2.75. The van der Waals surface area contributed by atoms with Crippen LogP contribution in [-0.4, -0.2) is 34.8 Å². The van der Waals surface area contributed by atoms with Gasteiger partial charge in [-0.05, 0) is 25.1 Å². The summed E-state index contributed by atoms with van der Waals surface area (Å²) < 4.78 is 13.2. The van der Waals surface area contributed by atoms with Crippen molar-refractivity contribution in [2.45, 2.75) is 6.92 Å². The molecule has 0 aliphatic carbocycles. The Labute approximate surface area is 125 Å². The Morgan fingerprint density at radius 1 is 1.43 bits per heavy atom. The zero-order valence-corrected chi connectivity index (χ0v) is 12.2. The summed E-state index contributed by atoms with van der Waals surface area (Å²) >= 11 is 1.30. The minimum Gasteiger partial charge on any atom is -0.330 e. The van der Waals surface area contributed by atoms with Gasteiger partial charge in [0, 0.05) is 23.7 Å². The highest BCUT2D eigenvalue weighted by atomic mass is 32.1. The average molecular weight is 307 g/mol. The molecule has 2 amide bonds. The van der Waals surface area contributed by atoms with Crippen LogP contribution in [0.5, 0.6) is 0 Å². The maximum atomic E-state index is 13.2. The van der Waals surface area contributed by atoms with Gasteiger partial charge in [0.25, 0.3) is 5.91 Å².